The largest absolute Gasteiger partial charge is 0.381 e. The summed E-state index contributed by atoms with van der Waals surface area (Å²) >= 11 is 12.8. The average Bonchev–Trinajstić information content (AvgIpc) is 3.05. The van der Waals surface area contributed by atoms with E-state index in [1.807, 2.05) is 18.2 Å². The summed E-state index contributed by atoms with van der Waals surface area (Å²) < 4.78 is 7.85. The summed E-state index contributed by atoms with van der Waals surface area (Å²) in [7, 11) is 0. The molecule has 3 rings (SSSR count). The van der Waals surface area contributed by atoms with Gasteiger partial charge in [0, 0.05) is 52.5 Å². The van der Waals surface area contributed by atoms with Crippen molar-refractivity contribution in [1.29, 1.82) is 0 Å². The molecule has 1 heterocycles. The Balaban J connectivity index is 1.64. The standard InChI is InChI=1S/C23H28Cl2N2O/c1-2-3-13-28-14-7-12-26-15-18-16-27(23-11-5-4-8-19(18)23)17-20-21(24)9-6-10-22(20)25/h4-6,8-11,16,26H,2-3,7,12-15,17H2,1H3. The van der Waals surface area contributed by atoms with E-state index in [2.05, 4.69) is 47.3 Å². The number of aromatic nitrogens is 1. The number of hydrogen-bond donors (Lipinski definition) is 1. The zero-order valence-corrected chi connectivity index (χ0v) is 17.9. The molecule has 0 unspecified atom stereocenters. The Hall–Kier alpha value is -1.52. The highest BCUT2D eigenvalue weighted by Crippen LogP contribution is 2.28. The van der Waals surface area contributed by atoms with Gasteiger partial charge in [-0.2, -0.15) is 0 Å². The van der Waals surface area contributed by atoms with E-state index in [-0.39, 0.29) is 0 Å². The molecule has 0 aliphatic heterocycles. The van der Waals surface area contributed by atoms with Gasteiger partial charge in [0.1, 0.15) is 0 Å². The smallest absolute Gasteiger partial charge is 0.0505 e. The van der Waals surface area contributed by atoms with Crippen LogP contribution in [0.25, 0.3) is 10.9 Å². The lowest BCUT2D eigenvalue weighted by molar-refractivity contribution is 0.129. The molecule has 1 N–H and O–H groups in total. The molecule has 0 aliphatic carbocycles. The van der Waals surface area contributed by atoms with Gasteiger partial charge in [0.15, 0.2) is 0 Å². The summed E-state index contributed by atoms with van der Waals surface area (Å²) in [5.41, 5.74) is 3.43. The minimum absolute atomic E-state index is 0.657. The third kappa shape index (κ3) is 5.51. The van der Waals surface area contributed by atoms with Crippen molar-refractivity contribution in [2.75, 3.05) is 19.8 Å². The number of fused-ring (bicyclic) bond motifs is 1. The number of rotatable bonds is 11. The summed E-state index contributed by atoms with van der Waals surface area (Å²) in [6, 6.07) is 14.1. The zero-order valence-electron chi connectivity index (χ0n) is 16.4. The van der Waals surface area contributed by atoms with Gasteiger partial charge in [-0.1, -0.05) is 60.8 Å². The van der Waals surface area contributed by atoms with Crippen molar-refractivity contribution in [3.63, 3.8) is 0 Å². The molecule has 0 atom stereocenters. The van der Waals surface area contributed by atoms with E-state index in [1.165, 1.54) is 22.9 Å². The van der Waals surface area contributed by atoms with Gasteiger partial charge in [0.25, 0.3) is 0 Å². The first-order valence-electron chi connectivity index (χ1n) is 9.98. The first-order valence-corrected chi connectivity index (χ1v) is 10.7. The quantitative estimate of drug-likeness (QED) is 0.370. The Bertz CT molecular complexity index is 871. The van der Waals surface area contributed by atoms with Crippen LogP contribution in [0, 0.1) is 0 Å². The van der Waals surface area contributed by atoms with Crippen LogP contribution < -0.4 is 5.32 Å². The van der Waals surface area contributed by atoms with Gasteiger partial charge >= 0.3 is 0 Å². The van der Waals surface area contributed by atoms with Gasteiger partial charge in [-0.05, 0) is 43.1 Å². The van der Waals surface area contributed by atoms with Crippen LogP contribution in [0.2, 0.25) is 10.0 Å². The van der Waals surface area contributed by atoms with Gasteiger partial charge in [-0.15, -0.1) is 0 Å². The van der Waals surface area contributed by atoms with E-state index < -0.39 is 0 Å². The summed E-state index contributed by atoms with van der Waals surface area (Å²) in [6.07, 6.45) is 5.55. The van der Waals surface area contributed by atoms with Crippen LogP contribution in [0.5, 0.6) is 0 Å². The molecule has 0 spiro atoms. The molecule has 0 aliphatic rings. The maximum Gasteiger partial charge on any atom is 0.0505 e. The van der Waals surface area contributed by atoms with E-state index in [4.69, 9.17) is 27.9 Å². The maximum absolute atomic E-state index is 6.38. The number of para-hydroxylation sites is 1. The van der Waals surface area contributed by atoms with E-state index in [0.29, 0.717) is 16.6 Å². The summed E-state index contributed by atoms with van der Waals surface area (Å²) in [5.74, 6) is 0. The van der Waals surface area contributed by atoms with E-state index in [1.54, 1.807) is 0 Å². The van der Waals surface area contributed by atoms with E-state index in [9.17, 15) is 0 Å². The highest BCUT2D eigenvalue weighted by atomic mass is 35.5. The third-order valence-electron chi connectivity index (χ3n) is 4.86. The van der Waals surface area contributed by atoms with E-state index in [0.717, 1.165) is 44.7 Å². The highest BCUT2D eigenvalue weighted by Gasteiger charge is 2.11. The molecule has 0 amide bonds. The van der Waals surface area contributed by atoms with Crippen molar-refractivity contribution < 1.29 is 4.74 Å². The van der Waals surface area contributed by atoms with Gasteiger partial charge in [-0.25, -0.2) is 0 Å². The molecule has 3 nitrogen and oxygen atoms in total. The Kier molecular flexibility index (Phi) is 8.23. The molecule has 1 aromatic heterocycles. The Labute approximate surface area is 177 Å². The van der Waals surface area contributed by atoms with Gasteiger partial charge in [0.05, 0.1) is 6.54 Å². The Morgan fingerprint density at radius 2 is 1.71 bits per heavy atom. The first kappa shape index (κ1) is 21.2. The van der Waals surface area contributed by atoms with Crippen molar-refractivity contribution in [3.8, 4) is 0 Å². The van der Waals surface area contributed by atoms with Crippen LogP contribution >= 0.6 is 23.2 Å². The SMILES string of the molecule is CCCCOCCCNCc1cn(Cc2c(Cl)cccc2Cl)c2ccccc12. The molecule has 0 saturated heterocycles. The van der Waals surface area contributed by atoms with Crippen LogP contribution in [0.1, 0.15) is 37.3 Å². The summed E-state index contributed by atoms with van der Waals surface area (Å²) in [4.78, 5) is 0. The maximum atomic E-state index is 6.38. The Morgan fingerprint density at radius 1 is 0.964 bits per heavy atom. The molecule has 2 aromatic carbocycles. The van der Waals surface area contributed by atoms with Gasteiger partial charge in [0.2, 0.25) is 0 Å². The zero-order chi connectivity index (χ0) is 19.8. The minimum atomic E-state index is 0.657. The second-order valence-electron chi connectivity index (χ2n) is 7.00. The Morgan fingerprint density at radius 3 is 2.50 bits per heavy atom. The monoisotopic (exact) mass is 418 g/mol. The van der Waals surface area contributed by atoms with Crippen LogP contribution in [0.4, 0.5) is 0 Å². The number of nitrogens with one attached hydrogen (secondary N) is 1. The molecule has 150 valence electrons. The third-order valence-corrected chi connectivity index (χ3v) is 5.57. The number of unbranched alkanes of at least 4 members (excludes halogenated alkanes) is 1. The molecular formula is C23H28Cl2N2O. The molecular weight excluding hydrogens is 391 g/mol. The number of ether oxygens (including phenoxy) is 1. The second-order valence-corrected chi connectivity index (χ2v) is 7.81. The topological polar surface area (TPSA) is 26.2 Å². The lowest BCUT2D eigenvalue weighted by atomic mass is 10.2. The fraction of sp³-hybridized carbons (Fsp3) is 0.391. The molecule has 0 bridgehead atoms. The predicted molar refractivity (Wildman–Crippen MR) is 120 cm³/mol. The van der Waals surface area contributed by atoms with Crippen LogP contribution in [0.15, 0.2) is 48.7 Å². The number of nitrogens with zero attached hydrogens (tertiary/aromatic N) is 1. The lowest BCUT2D eigenvalue weighted by Gasteiger charge is -2.09. The van der Waals surface area contributed by atoms with Crippen molar-refractivity contribution in [2.24, 2.45) is 0 Å². The normalized spacial score (nSPS) is 11.4. The molecule has 3 aromatic rings. The fourth-order valence-corrected chi connectivity index (χ4v) is 3.84. The summed E-state index contributed by atoms with van der Waals surface area (Å²) in [6.45, 7) is 6.31. The van der Waals surface area contributed by atoms with Crippen LogP contribution in [0.3, 0.4) is 0 Å². The van der Waals surface area contributed by atoms with Gasteiger partial charge in [-0.3, -0.25) is 0 Å². The lowest BCUT2D eigenvalue weighted by Crippen LogP contribution is -2.16. The van der Waals surface area contributed by atoms with Crippen molar-refractivity contribution in [1.82, 2.24) is 9.88 Å². The molecule has 0 fully saturated rings. The fourth-order valence-electron chi connectivity index (χ4n) is 3.32. The number of benzene rings is 2. The van der Waals surface area contributed by atoms with E-state index >= 15 is 0 Å². The van der Waals surface area contributed by atoms with Crippen molar-refractivity contribution in [2.45, 2.75) is 39.3 Å². The van der Waals surface area contributed by atoms with Gasteiger partial charge < -0.3 is 14.6 Å². The molecule has 28 heavy (non-hydrogen) atoms. The van der Waals surface area contributed by atoms with Crippen molar-refractivity contribution in [3.05, 3.63) is 69.8 Å². The minimum Gasteiger partial charge on any atom is -0.381 e. The molecule has 0 saturated carbocycles. The predicted octanol–water partition coefficient (Wildman–Crippen LogP) is 6.29. The van der Waals surface area contributed by atoms with Crippen LogP contribution in [-0.2, 0) is 17.8 Å². The van der Waals surface area contributed by atoms with Crippen LogP contribution in [-0.4, -0.2) is 24.3 Å². The molecule has 5 heteroatoms. The number of hydrogen-bond acceptors (Lipinski definition) is 2. The highest BCUT2D eigenvalue weighted by molar-refractivity contribution is 6.36. The van der Waals surface area contributed by atoms with Crippen molar-refractivity contribution >= 4 is 34.1 Å². The first-order chi connectivity index (χ1) is 13.7. The molecule has 0 radical (unpaired) electrons. The summed E-state index contributed by atoms with van der Waals surface area (Å²) in [5, 5.41) is 6.20. The number of halogens is 2. The average molecular weight is 419 g/mol. The second kappa shape index (κ2) is 10.9.